The quantitative estimate of drug-likeness (QED) is 0.0464. The van der Waals surface area contributed by atoms with Gasteiger partial charge in [0.25, 0.3) is 0 Å². The van der Waals surface area contributed by atoms with Crippen molar-refractivity contribution in [1.29, 1.82) is 0 Å². The minimum Gasteiger partial charge on any atom is -0.394 e. The molecule has 4 nitrogen and oxygen atoms in total. The first-order chi connectivity index (χ1) is 22.7. The van der Waals surface area contributed by atoms with Gasteiger partial charge in [-0.1, -0.05) is 212 Å². The SMILES string of the molecule is CCC/C=C/CC/C=C/C(O)C(CO)NC(=O)CCCCCCCCCCCCCCCCCCCCCCCCCCCCC. The van der Waals surface area contributed by atoms with Gasteiger partial charge in [-0.05, 0) is 25.7 Å². The predicted octanol–water partition coefficient (Wildman–Crippen LogP) is 12.5. The summed E-state index contributed by atoms with van der Waals surface area (Å²) in [7, 11) is 0. The molecule has 46 heavy (non-hydrogen) atoms. The number of aliphatic hydroxyl groups excluding tert-OH is 2. The van der Waals surface area contributed by atoms with E-state index in [1.165, 1.54) is 161 Å². The molecule has 272 valence electrons. The van der Waals surface area contributed by atoms with E-state index in [-0.39, 0.29) is 12.5 Å². The number of amides is 1. The minimum absolute atomic E-state index is 0.0754. The number of rotatable bonds is 37. The molecule has 3 N–H and O–H groups in total. The van der Waals surface area contributed by atoms with Crippen molar-refractivity contribution in [3.05, 3.63) is 24.3 Å². The second-order valence-electron chi connectivity index (χ2n) is 14.1. The summed E-state index contributed by atoms with van der Waals surface area (Å²) < 4.78 is 0. The van der Waals surface area contributed by atoms with E-state index in [0.29, 0.717) is 6.42 Å². The summed E-state index contributed by atoms with van der Waals surface area (Å²) in [5, 5.41) is 22.7. The van der Waals surface area contributed by atoms with Crippen molar-refractivity contribution in [2.24, 2.45) is 0 Å². The molecule has 0 saturated heterocycles. The van der Waals surface area contributed by atoms with Crippen molar-refractivity contribution in [3.63, 3.8) is 0 Å². The molecule has 2 unspecified atom stereocenters. The molecule has 0 aliphatic heterocycles. The number of hydrogen-bond donors (Lipinski definition) is 3. The second-order valence-corrected chi connectivity index (χ2v) is 14.1. The summed E-state index contributed by atoms with van der Waals surface area (Å²) in [6.45, 7) is 4.20. The van der Waals surface area contributed by atoms with Gasteiger partial charge < -0.3 is 15.5 Å². The first-order valence-corrected chi connectivity index (χ1v) is 20.6. The fourth-order valence-electron chi connectivity index (χ4n) is 6.26. The van der Waals surface area contributed by atoms with E-state index in [1.54, 1.807) is 6.08 Å². The second kappa shape index (κ2) is 38.3. The highest BCUT2D eigenvalue weighted by Crippen LogP contribution is 2.16. The summed E-state index contributed by atoms with van der Waals surface area (Å²) in [6.07, 6.45) is 48.9. The highest BCUT2D eigenvalue weighted by Gasteiger charge is 2.17. The van der Waals surface area contributed by atoms with E-state index in [4.69, 9.17) is 0 Å². The van der Waals surface area contributed by atoms with Gasteiger partial charge in [0.1, 0.15) is 0 Å². The summed E-state index contributed by atoms with van der Waals surface area (Å²) >= 11 is 0. The number of aliphatic hydroxyl groups is 2. The first-order valence-electron chi connectivity index (χ1n) is 20.6. The topological polar surface area (TPSA) is 69.6 Å². The number of nitrogens with one attached hydrogen (secondary N) is 1. The third-order valence-corrected chi connectivity index (χ3v) is 9.42. The standard InChI is InChI=1S/C42H81NO3/c1-3-5-7-9-11-12-13-14-15-16-17-18-19-20-21-22-23-24-25-26-27-28-29-30-32-34-36-38-42(46)43-40(39-44)41(45)37-35-33-31-10-8-6-4-2/h8,10,35,37,40-41,44-45H,3-7,9,11-34,36,38-39H2,1-2H3,(H,43,46)/b10-8+,37-35+. The molecule has 0 spiro atoms. The molecule has 0 rings (SSSR count). The van der Waals surface area contributed by atoms with Crippen molar-refractivity contribution in [1.82, 2.24) is 5.32 Å². The van der Waals surface area contributed by atoms with Crippen LogP contribution in [-0.2, 0) is 4.79 Å². The van der Waals surface area contributed by atoms with Crippen LogP contribution < -0.4 is 5.32 Å². The lowest BCUT2D eigenvalue weighted by atomic mass is 10.0. The van der Waals surface area contributed by atoms with Crippen LogP contribution in [0.5, 0.6) is 0 Å². The molecule has 0 bridgehead atoms. The Bertz CT molecular complexity index is 661. The Balaban J connectivity index is 3.39. The van der Waals surface area contributed by atoms with Gasteiger partial charge in [0.2, 0.25) is 5.91 Å². The molecule has 1 amide bonds. The molecule has 0 aromatic rings. The smallest absolute Gasteiger partial charge is 0.220 e. The molecule has 0 aromatic heterocycles. The van der Waals surface area contributed by atoms with Crippen LogP contribution in [-0.4, -0.2) is 34.9 Å². The van der Waals surface area contributed by atoms with Crippen molar-refractivity contribution in [2.45, 2.75) is 231 Å². The lowest BCUT2D eigenvalue weighted by molar-refractivity contribution is -0.123. The van der Waals surface area contributed by atoms with Gasteiger partial charge in [0.05, 0.1) is 18.8 Å². The molecule has 0 radical (unpaired) electrons. The Morgan fingerprint density at radius 3 is 1.22 bits per heavy atom. The third-order valence-electron chi connectivity index (χ3n) is 9.42. The number of hydrogen-bond acceptors (Lipinski definition) is 3. The van der Waals surface area contributed by atoms with Gasteiger partial charge in [0.15, 0.2) is 0 Å². The molecule has 4 heteroatoms. The van der Waals surface area contributed by atoms with Crippen LogP contribution in [0, 0.1) is 0 Å². The van der Waals surface area contributed by atoms with Gasteiger partial charge in [-0.3, -0.25) is 4.79 Å². The molecular weight excluding hydrogens is 566 g/mol. The van der Waals surface area contributed by atoms with Gasteiger partial charge in [-0.2, -0.15) is 0 Å². The van der Waals surface area contributed by atoms with E-state index >= 15 is 0 Å². The van der Waals surface area contributed by atoms with Crippen LogP contribution in [0.2, 0.25) is 0 Å². The van der Waals surface area contributed by atoms with Gasteiger partial charge in [-0.25, -0.2) is 0 Å². The maximum atomic E-state index is 12.3. The Labute approximate surface area is 288 Å². The first kappa shape index (κ1) is 44.9. The van der Waals surface area contributed by atoms with Crippen molar-refractivity contribution in [2.75, 3.05) is 6.61 Å². The molecule has 0 aliphatic rings. The highest BCUT2D eigenvalue weighted by atomic mass is 16.3. The van der Waals surface area contributed by atoms with Gasteiger partial charge >= 0.3 is 0 Å². The van der Waals surface area contributed by atoms with E-state index in [1.807, 2.05) is 6.08 Å². The average molecular weight is 648 g/mol. The van der Waals surface area contributed by atoms with Crippen LogP contribution in [0.3, 0.4) is 0 Å². The average Bonchev–Trinajstić information content (AvgIpc) is 3.06. The normalized spacial score (nSPS) is 13.2. The van der Waals surface area contributed by atoms with Crippen LogP contribution >= 0.6 is 0 Å². The zero-order valence-electron chi connectivity index (χ0n) is 31.1. The highest BCUT2D eigenvalue weighted by molar-refractivity contribution is 5.76. The van der Waals surface area contributed by atoms with Crippen LogP contribution in [0.15, 0.2) is 24.3 Å². The monoisotopic (exact) mass is 648 g/mol. The number of carbonyl (C=O) groups is 1. The summed E-state index contributed by atoms with van der Waals surface area (Å²) in [6, 6.07) is -0.631. The molecule has 0 fully saturated rings. The fourth-order valence-corrected chi connectivity index (χ4v) is 6.26. The lowest BCUT2D eigenvalue weighted by Gasteiger charge is -2.19. The van der Waals surface area contributed by atoms with Gasteiger partial charge in [-0.15, -0.1) is 0 Å². The van der Waals surface area contributed by atoms with Crippen LogP contribution in [0.4, 0.5) is 0 Å². The number of allylic oxidation sites excluding steroid dienone is 3. The lowest BCUT2D eigenvalue weighted by Crippen LogP contribution is -2.45. The summed E-state index contributed by atoms with van der Waals surface area (Å²) in [5.74, 6) is -0.0754. The minimum atomic E-state index is -0.854. The third kappa shape index (κ3) is 34.2. The van der Waals surface area contributed by atoms with E-state index in [9.17, 15) is 15.0 Å². The van der Waals surface area contributed by atoms with E-state index < -0.39 is 12.1 Å². The van der Waals surface area contributed by atoms with E-state index in [2.05, 4.69) is 31.3 Å². The van der Waals surface area contributed by atoms with Crippen LogP contribution in [0.1, 0.15) is 219 Å². The maximum Gasteiger partial charge on any atom is 0.220 e. The van der Waals surface area contributed by atoms with Crippen molar-refractivity contribution < 1.29 is 15.0 Å². The van der Waals surface area contributed by atoms with Crippen LogP contribution in [0.25, 0.3) is 0 Å². The largest absolute Gasteiger partial charge is 0.394 e. The zero-order valence-corrected chi connectivity index (χ0v) is 31.1. The van der Waals surface area contributed by atoms with Crippen molar-refractivity contribution in [3.8, 4) is 0 Å². The maximum absolute atomic E-state index is 12.3. The molecule has 2 atom stereocenters. The van der Waals surface area contributed by atoms with Gasteiger partial charge in [0, 0.05) is 6.42 Å². The van der Waals surface area contributed by atoms with Crippen molar-refractivity contribution >= 4 is 5.91 Å². The Kier molecular flexibility index (Phi) is 37.4. The zero-order chi connectivity index (χ0) is 33.6. The fraction of sp³-hybridized carbons (Fsp3) is 0.881. The molecule has 0 heterocycles. The summed E-state index contributed by atoms with van der Waals surface area (Å²) in [4.78, 5) is 12.3. The van der Waals surface area contributed by atoms with E-state index in [0.717, 1.165) is 38.5 Å². The Morgan fingerprint density at radius 1 is 0.500 bits per heavy atom. The number of carbonyl (C=O) groups excluding carboxylic acids is 1. The molecule has 0 aromatic carbocycles. The molecule has 0 saturated carbocycles. The predicted molar refractivity (Wildman–Crippen MR) is 202 cm³/mol. The number of unbranched alkanes of at least 4 members (excludes halogenated alkanes) is 28. The Morgan fingerprint density at radius 2 is 0.848 bits per heavy atom. The molecular formula is C42H81NO3. The summed E-state index contributed by atoms with van der Waals surface area (Å²) in [5.41, 5.74) is 0. The Hall–Kier alpha value is -1.13. The molecule has 0 aliphatic carbocycles.